The topological polar surface area (TPSA) is 76.0 Å². The second-order valence-corrected chi connectivity index (χ2v) is 4.89. The van der Waals surface area contributed by atoms with Crippen molar-refractivity contribution in [3.63, 3.8) is 0 Å². The zero-order chi connectivity index (χ0) is 16.3. The van der Waals surface area contributed by atoms with Crippen molar-refractivity contribution in [2.24, 2.45) is 0 Å². The molecule has 0 aliphatic carbocycles. The molecule has 22 heavy (non-hydrogen) atoms. The highest BCUT2D eigenvalue weighted by molar-refractivity contribution is 6.03. The lowest BCUT2D eigenvalue weighted by Crippen LogP contribution is -2.06. The molecular formula is C17H18O5. The zero-order valence-electron chi connectivity index (χ0n) is 12.7. The number of phenolic OH excluding ortho intramolecular Hbond substituents is 2. The summed E-state index contributed by atoms with van der Waals surface area (Å²) in [5.41, 5.74) is 1.09. The van der Waals surface area contributed by atoms with Gasteiger partial charge in [0.2, 0.25) is 0 Å². The average Bonchev–Trinajstić information content (AvgIpc) is 2.51. The first-order valence-corrected chi connectivity index (χ1v) is 6.73. The number of hydrogen-bond donors (Lipinski definition) is 2. The van der Waals surface area contributed by atoms with E-state index in [4.69, 9.17) is 9.47 Å². The number of Topliss-reactive ketones (excluding diaryl/α,β-unsaturated/α-hetero) is 1. The van der Waals surface area contributed by atoms with E-state index in [2.05, 4.69) is 0 Å². The van der Waals surface area contributed by atoms with E-state index < -0.39 is 0 Å². The SMILES string of the molecule is COc1ccc(CC(=O)c2c(O)cc(OC)c(C)c2O)cc1. The van der Waals surface area contributed by atoms with Gasteiger partial charge in [-0.15, -0.1) is 0 Å². The maximum atomic E-state index is 12.4. The normalized spacial score (nSPS) is 10.3. The van der Waals surface area contributed by atoms with Crippen LogP contribution in [-0.2, 0) is 6.42 Å². The molecule has 0 saturated carbocycles. The van der Waals surface area contributed by atoms with Crippen molar-refractivity contribution < 1.29 is 24.5 Å². The second kappa shape index (κ2) is 6.39. The van der Waals surface area contributed by atoms with Gasteiger partial charge < -0.3 is 19.7 Å². The molecule has 5 nitrogen and oxygen atoms in total. The number of hydrogen-bond acceptors (Lipinski definition) is 5. The van der Waals surface area contributed by atoms with Crippen molar-refractivity contribution in [1.29, 1.82) is 0 Å². The Labute approximate surface area is 128 Å². The van der Waals surface area contributed by atoms with Gasteiger partial charge in [0.05, 0.1) is 14.2 Å². The summed E-state index contributed by atoms with van der Waals surface area (Å²) in [6, 6.07) is 8.36. The Morgan fingerprint density at radius 2 is 1.73 bits per heavy atom. The number of methoxy groups -OCH3 is 2. The molecule has 0 aliphatic heterocycles. The van der Waals surface area contributed by atoms with Crippen LogP contribution in [-0.4, -0.2) is 30.2 Å². The maximum absolute atomic E-state index is 12.4. The van der Waals surface area contributed by atoms with Crippen molar-refractivity contribution in [2.75, 3.05) is 14.2 Å². The van der Waals surface area contributed by atoms with Gasteiger partial charge in [-0.1, -0.05) is 12.1 Å². The molecule has 2 rings (SSSR count). The Balaban J connectivity index is 2.31. The van der Waals surface area contributed by atoms with Crippen LogP contribution in [0.4, 0.5) is 0 Å². The predicted molar refractivity (Wildman–Crippen MR) is 82.1 cm³/mol. The van der Waals surface area contributed by atoms with Crippen molar-refractivity contribution in [1.82, 2.24) is 0 Å². The van der Waals surface area contributed by atoms with Gasteiger partial charge in [-0.3, -0.25) is 4.79 Å². The number of carbonyl (C=O) groups is 1. The molecule has 116 valence electrons. The lowest BCUT2D eigenvalue weighted by Gasteiger charge is -2.12. The van der Waals surface area contributed by atoms with E-state index in [0.29, 0.717) is 17.1 Å². The summed E-state index contributed by atoms with van der Waals surface area (Å²) >= 11 is 0. The molecule has 0 unspecified atom stereocenters. The number of ether oxygens (including phenoxy) is 2. The summed E-state index contributed by atoms with van der Waals surface area (Å²) in [7, 11) is 3.00. The van der Waals surface area contributed by atoms with Crippen LogP contribution in [0, 0.1) is 6.92 Å². The van der Waals surface area contributed by atoms with E-state index in [-0.39, 0.29) is 29.3 Å². The fourth-order valence-corrected chi connectivity index (χ4v) is 2.23. The van der Waals surface area contributed by atoms with Gasteiger partial charge in [-0.25, -0.2) is 0 Å². The minimum atomic E-state index is -0.370. The molecule has 0 atom stereocenters. The third-order valence-corrected chi connectivity index (χ3v) is 3.51. The minimum Gasteiger partial charge on any atom is -0.507 e. The number of rotatable bonds is 5. The Hall–Kier alpha value is -2.69. The molecular weight excluding hydrogens is 284 g/mol. The monoisotopic (exact) mass is 302 g/mol. The first-order valence-electron chi connectivity index (χ1n) is 6.73. The molecule has 2 aromatic carbocycles. The van der Waals surface area contributed by atoms with E-state index in [9.17, 15) is 15.0 Å². The first-order chi connectivity index (χ1) is 10.5. The molecule has 2 N–H and O–H groups in total. The van der Waals surface area contributed by atoms with Gasteiger partial charge in [-0.2, -0.15) is 0 Å². The Kier molecular flexibility index (Phi) is 4.56. The van der Waals surface area contributed by atoms with E-state index in [0.717, 1.165) is 5.56 Å². The Morgan fingerprint density at radius 1 is 1.09 bits per heavy atom. The van der Waals surface area contributed by atoms with Crippen molar-refractivity contribution in [3.8, 4) is 23.0 Å². The molecule has 0 bridgehead atoms. The highest BCUT2D eigenvalue weighted by Gasteiger charge is 2.21. The molecule has 0 amide bonds. The zero-order valence-corrected chi connectivity index (χ0v) is 12.7. The molecule has 0 saturated heterocycles. The third-order valence-electron chi connectivity index (χ3n) is 3.51. The smallest absolute Gasteiger partial charge is 0.174 e. The fourth-order valence-electron chi connectivity index (χ4n) is 2.23. The lowest BCUT2D eigenvalue weighted by molar-refractivity contribution is 0.0987. The van der Waals surface area contributed by atoms with Crippen LogP contribution in [0.25, 0.3) is 0 Å². The summed E-state index contributed by atoms with van der Waals surface area (Å²) in [5.74, 6) is 0.109. The van der Waals surface area contributed by atoms with Crippen LogP contribution in [0.3, 0.4) is 0 Å². The molecule has 0 aromatic heterocycles. The number of carbonyl (C=O) groups excluding carboxylic acids is 1. The highest BCUT2D eigenvalue weighted by Crippen LogP contribution is 2.37. The highest BCUT2D eigenvalue weighted by atomic mass is 16.5. The summed E-state index contributed by atoms with van der Waals surface area (Å²) in [5, 5.41) is 20.1. The van der Waals surface area contributed by atoms with Gasteiger partial charge in [0.25, 0.3) is 0 Å². The largest absolute Gasteiger partial charge is 0.507 e. The molecule has 0 fully saturated rings. The summed E-state index contributed by atoms with van der Waals surface area (Å²) in [6.07, 6.45) is 0.0664. The van der Waals surface area contributed by atoms with Gasteiger partial charge in [0, 0.05) is 18.1 Å². The van der Waals surface area contributed by atoms with Crippen LogP contribution < -0.4 is 9.47 Å². The molecule has 0 spiro atoms. The quantitative estimate of drug-likeness (QED) is 0.831. The molecule has 5 heteroatoms. The summed E-state index contributed by atoms with van der Waals surface area (Å²) in [4.78, 5) is 12.4. The molecule has 2 aromatic rings. The van der Waals surface area contributed by atoms with Crippen molar-refractivity contribution >= 4 is 5.78 Å². The van der Waals surface area contributed by atoms with Gasteiger partial charge >= 0.3 is 0 Å². The molecule has 0 heterocycles. The lowest BCUT2D eigenvalue weighted by atomic mass is 9.98. The Morgan fingerprint density at radius 3 is 2.27 bits per heavy atom. The summed E-state index contributed by atoms with van der Waals surface area (Å²) in [6.45, 7) is 1.62. The number of aromatic hydroxyl groups is 2. The van der Waals surface area contributed by atoms with Crippen molar-refractivity contribution in [3.05, 3.63) is 47.0 Å². The Bertz CT molecular complexity index is 689. The third kappa shape index (κ3) is 2.98. The maximum Gasteiger partial charge on any atom is 0.174 e. The second-order valence-electron chi connectivity index (χ2n) is 4.89. The van der Waals surface area contributed by atoms with Gasteiger partial charge in [-0.05, 0) is 24.6 Å². The predicted octanol–water partition coefficient (Wildman–Crippen LogP) is 2.85. The van der Waals surface area contributed by atoms with Crippen LogP contribution in [0.15, 0.2) is 30.3 Å². The van der Waals surface area contributed by atoms with Crippen molar-refractivity contribution in [2.45, 2.75) is 13.3 Å². The number of phenols is 2. The summed E-state index contributed by atoms with van der Waals surface area (Å²) < 4.78 is 10.1. The minimum absolute atomic E-state index is 0.0664. The van der Waals surface area contributed by atoms with E-state index >= 15 is 0 Å². The molecule has 0 aliphatic rings. The van der Waals surface area contributed by atoms with E-state index in [1.54, 1.807) is 38.3 Å². The van der Waals surface area contributed by atoms with Crippen LogP contribution in [0.5, 0.6) is 23.0 Å². The number of benzene rings is 2. The van der Waals surface area contributed by atoms with Crippen LogP contribution >= 0.6 is 0 Å². The van der Waals surface area contributed by atoms with Crippen LogP contribution in [0.1, 0.15) is 21.5 Å². The van der Waals surface area contributed by atoms with Gasteiger partial charge in [0.15, 0.2) is 5.78 Å². The first kappa shape index (κ1) is 15.7. The average molecular weight is 302 g/mol. The van der Waals surface area contributed by atoms with Gasteiger partial charge in [0.1, 0.15) is 28.6 Å². The fraction of sp³-hybridized carbons (Fsp3) is 0.235. The van der Waals surface area contributed by atoms with E-state index in [1.165, 1.54) is 13.2 Å². The number of ketones is 1. The molecule has 0 radical (unpaired) electrons. The van der Waals surface area contributed by atoms with E-state index in [1.807, 2.05) is 0 Å². The standard InChI is InChI=1S/C17H18O5/c1-10-15(22-3)9-14(19)16(17(10)20)13(18)8-11-4-6-12(21-2)7-5-11/h4-7,9,19-20H,8H2,1-3H3. The van der Waals surface area contributed by atoms with Crippen LogP contribution in [0.2, 0.25) is 0 Å².